The lowest BCUT2D eigenvalue weighted by atomic mass is 9.90. The van der Waals surface area contributed by atoms with E-state index in [9.17, 15) is 9.59 Å². The molecule has 2 atom stereocenters. The summed E-state index contributed by atoms with van der Waals surface area (Å²) >= 11 is 5.81. The van der Waals surface area contributed by atoms with Gasteiger partial charge >= 0.3 is 0 Å². The maximum absolute atomic E-state index is 12.5. The first-order valence-electron chi connectivity index (χ1n) is 8.05. The number of anilines is 1. The minimum Gasteiger partial charge on any atom is -0.326 e. The Morgan fingerprint density at radius 2 is 1.76 bits per heavy atom. The van der Waals surface area contributed by atoms with Gasteiger partial charge in [0.05, 0.1) is 0 Å². The third-order valence-corrected chi connectivity index (χ3v) is 4.32. The molecule has 2 N–H and O–H groups in total. The second kappa shape index (κ2) is 7.94. The highest BCUT2D eigenvalue weighted by Crippen LogP contribution is 2.23. The number of amides is 1. The summed E-state index contributed by atoms with van der Waals surface area (Å²) in [6, 6.07) is 16.2. The van der Waals surface area contributed by atoms with Crippen LogP contribution < -0.4 is 10.7 Å². The minimum absolute atomic E-state index is 0.0300. The van der Waals surface area contributed by atoms with Crippen molar-refractivity contribution in [2.75, 3.05) is 5.32 Å². The van der Waals surface area contributed by atoms with Gasteiger partial charge in [-0.2, -0.15) is 5.10 Å². The fourth-order valence-electron chi connectivity index (χ4n) is 2.74. The number of nitrogens with zero attached hydrogens (tertiary/aromatic N) is 1. The molecule has 6 heteroatoms. The van der Waals surface area contributed by atoms with Gasteiger partial charge in [-0.15, -0.1) is 0 Å². The Hall–Kier alpha value is -2.66. The molecule has 0 radical (unpaired) electrons. The van der Waals surface area contributed by atoms with Crippen LogP contribution in [-0.4, -0.2) is 23.9 Å². The molecule has 0 bridgehead atoms. The number of rotatable bonds is 6. The predicted molar refractivity (Wildman–Crippen MR) is 98.9 cm³/mol. The van der Waals surface area contributed by atoms with Crippen molar-refractivity contribution >= 4 is 35.2 Å². The zero-order valence-corrected chi connectivity index (χ0v) is 14.2. The van der Waals surface area contributed by atoms with Crippen molar-refractivity contribution in [1.29, 1.82) is 0 Å². The van der Waals surface area contributed by atoms with E-state index in [-0.39, 0.29) is 30.4 Å². The number of Topliss-reactive ketones (excluding diaryl/α,β-unsaturated/α-hetero) is 1. The number of hydrazone groups is 1. The number of hydrogen-bond donors (Lipinski definition) is 2. The van der Waals surface area contributed by atoms with E-state index in [0.717, 1.165) is 5.56 Å². The third-order valence-electron chi connectivity index (χ3n) is 4.07. The Bertz CT molecular complexity index is 775. The molecule has 3 rings (SSSR count). The second-order valence-electron chi connectivity index (χ2n) is 5.84. The largest absolute Gasteiger partial charge is 0.326 e. The summed E-state index contributed by atoms with van der Waals surface area (Å²) in [4.78, 5) is 24.5. The van der Waals surface area contributed by atoms with Crippen LogP contribution in [0.3, 0.4) is 0 Å². The van der Waals surface area contributed by atoms with E-state index >= 15 is 0 Å². The molecular weight excluding hydrogens is 338 g/mol. The highest BCUT2D eigenvalue weighted by Gasteiger charge is 2.31. The molecule has 0 aliphatic carbocycles. The van der Waals surface area contributed by atoms with E-state index in [4.69, 9.17) is 11.6 Å². The summed E-state index contributed by atoms with van der Waals surface area (Å²) in [5.74, 6) is -0.337. The average molecular weight is 356 g/mol. The number of halogens is 1. The lowest BCUT2D eigenvalue weighted by molar-refractivity contribution is -0.124. The maximum Gasteiger partial charge on any atom is 0.224 e. The predicted octanol–water partition coefficient (Wildman–Crippen LogP) is 3.37. The summed E-state index contributed by atoms with van der Waals surface area (Å²) in [7, 11) is 0. The first-order valence-corrected chi connectivity index (χ1v) is 8.43. The van der Waals surface area contributed by atoms with E-state index in [1.54, 1.807) is 30.5 Å². The zero-order valence-electron chi connectivity index (χ0n) is 13.5. The molecule has 2 aromatic rings. The molecule has 0 saturated carbocycles. The molecule has 1 amide bonds. The average Bonchev–Trinajstić information content (AvgIpc) is 3.12. The van der Waals surface area contributed by atoms with E-state index in [2.05, 4.69) is 15.8 Å². The smallest absolute Gasteiger partial charge is 0.224 e. The summed E-state index contributed by atoms with van der Waals surface area (Å²) in [5, 5.41) is 7.40. The summed E-state index contributed by atoms with van der Waals surface area (Å²) in [6.45, 7) is 0. The number of carbonyl (C=O) groups is 2. The van der Waals surface area contributed by atoms with Gasteiger partial charge in [-0.25, -0.2) is 0 Å². The van der Waals surface area contributed by atoms with Gasteiger partial charge in [-0.1, -0.05) is 41.9 Å². The van der Waals surface area contributed by atoms with Crippen LogP contribution in [0.15, 0.2) is 59.7 Å². The molecule has 128 valence electrons. The molecule has 0 saturated heterocycles. The summed E-state index contributed by atoms with van der Waals surface area (Å²) in [5.41, 5.74) is 4.54. The summed E-state index contributed by atoms with van der Waals surface area (Å²) < 4.78 is 0. The molecular formula is C19H18ClN3O2. The molecule has 2 aromatic carbocycles. The van der Waals surface area contributed by atoms with E-state index in [0.29, 0.717) is 10.7 Å². The van der Waals surface area contributed by atoms with Gasteiger partial charge in [0.25, 0.3) is 0 Å². The monoisotopic (exact) mass is 355 g/mol. The van der Waals surface area contributed by atoms with Gasteiger partial charge in [-0.05, 0) is 29.8 Å². The van der Waals surface area contributed by atoms with Crippen molar-refractivity contribution < 1.29 is 9.59 Å². The lowest BCUT2D eigenvalue weighted by Gasteiger charge is -2.17. The highest BCUT2D eigenvalue weighted by atomic mass is 35.5. The second-order valence-corrected chi connectivity index (χ2v) is 6.28. The van der Waals surface area contributed by atoms with Crippen molar-refractivity contribution in [1.82, 2.24) is 5.43 Å². The SMILES string of the molecule is O=C(CCC(=O)[C@@H]1NN=C[C@@H]1c1ccccc1)Nc1ccc(Cl)cc1. The van der Waals surface area contributed by atoms with Crippen LogP contribution in [0, 0.1) is 0 Å². The van der Waals surface area contributed by atoms with Crippen LogP contribution in [0.2, 0.25) is 5.02 Å². The summed E-state index contributed by atoms with van der Waals surface area (Å²) in [6.07, 6.45) is 2.02. The fraction of sp³-hybridized carbons (Fsp3) is 0.211. The van der Waals surface area contributed by atoms with E-state index in [1.165, 1.54) is 0 Å². The van der Waals surface area contributed by atoms with Gasteiger partial charge < -0.3 is 5.32 Å². The van der Waals surface area contributed by atoms with Crippen molar-refractivity contribution in [3.63, 3.8) is 0 Å². The fourth-order valence-corrected chi connectivity index (χ4v) is 2.87. The van der Waals surface area contributed by atoms with Crippen LogP contribution in [0.5, 0.6) is 0 Å². The molecule has 25 heavy (non-hydrogen) atoms. The molecule has 0 unspecified atom stereocenters. The van der Waals surface area contributed by atoms with Crippen LogP contribution in [0.4, 0.5) is 5.69 Å². The zero-order chi connectivity index (χ0) is 17.6. The van der Waals surface area contributed by atoms with Crippen LogP contribution in [-0.2, 0) is 9.59 Å². The Morgan fingerprint density at radius 1 is 1.04 bits per heavy atom. The minimum atomic E-state index is -0.425. The number of carbonyl (C=O) groups excluding carboxylic acids is 2. The maximum atomic E-state index is 12.5. The molecule has 1 aliphatic rings. The van der Waals surface area contributed by atoms with Gasteiger partial charge in [0, 0.05) is 35.7 Å². The van der Waals surface area contributed by atoms with Gasteiger partial charge in [0.2, 0.25) is 5.91 Å². The topological polar surface area (TPSA) is 70.6 Å². The normalized spacial score (nSPS) is 18.6. The Morgan fingerprint density at radius 3 is 2.48 bits per heavy atom. The third kappa shape index (κ3) is 4.45. The number of benzene rings is 2. The standard InChI is InChI=1S/C19H18ClN3O2/c20-14-6-8-15(9-7-14)22-18(25)11-10-17(24)19-16(12-21-23-19)13-4-2-1-3-5-13/h1-9,12,16,19,23H,10-11H2,(H,22,25)/t16-,19-/m1/s1. The molecule has 1 heterocycles. The van der Waals surface area contributed by atoms with Crippen molar-refractivity contribution in [2.24, 2.45) is 5.10 Å². The molecule has 1 aliphatic heterocycles. The van der Waals surface area contributed by atoms with Crippen molar-refractivity contribution in [3.05, 3.63) is 65.2 Å². The van der Waals surface area contributed by atoms with Gasteiger partial charge in [0.15, 0.2) is 5.78 Å². The Labute approximate surface area is 151 Å². The van der Waals surface area contributed by atoms with Crippen LogP contribution in [0.1, 0.15) is 24.3 Å². The van der Waals surface area contributed by atoms with Crippen molar-refractivity contribution in [3.8, 4) is 0 Å². The van der Waals surface area contributed by atoms with Gasteiger partial charge in [-0.3, -0.25) is 15.0 Å². The van der Waals surface area contributed by atoms with E-state index in [1.807, 2.05) is 30.3 Å². The number of ketones is 1. The van der Waals surface area contributed by atoms with Crippen LogP contribution in [0.25, 0.3) is 0 Å². The van der Waals surface area contributed by atoms with E-state index < -0.39 is 6.04 Å². The molecule has 0 spiro atoms. The first-order chi connectivity index (χ1) is 12.1. The Balaban J connectivity index is 1.53. The Kier molecular flexibility index (Phi) is 5.46. The lowest BCUT2D eigenvalue weighted by Crippen LogP contribution is -2.35. The molecule has 0 aromatic heterocycles. The van der Waals surface area contributed by atoms with Crippen molar-refractivity contribution in [2.45, 2.75) is 24.8 Å². The molecule has 5 nitrogen and oxygen atoms in total. The first kappa shape index (κ1) is 17.2. The number of nitrogens with one attached hydrogen (secondary N) is 2. The van der Waals surface area contributed by atoms with Crippen LogP contribution >= 0.6 is 11.6 Å². The van der Waals surface area contributed by atoms with Gasteiger partial charge in [0.1, 0.15) is 6.04 Å². The quantitative estimate of drug-likeness (QED) is 0.834. The highest BCUT2D eigenvalue weighted by molar-refractivity contribution is 6.30. The number of hydrogen-bond acceptors (Lipinski definition) is 4. The molecule has 0 fully saturated rings.